The number of hydrogen-bond donors (Lipinski definition) is 1. The van der Waals surface area contributed by atoms with E-state index in [0.717, 1.165) is 24.0 Å². The molecular weight excluding hydrogens is 522 g/mol. The minimum Gasteiger partial charge on any atom is -0.354 e. The van der Waals surface area contributed by atoms with Gasteiger partial charge >= 0.3 is 0 Å². The zero-order valence-electron chi connectivity index (χ0n) is 18.7. The summed E-state index contributed by atoms with van der Waals surface area (Å²) >= 11 is 26.1. The van der Waals surface area contributed by atoms with Gasteiger partial charge in [0.25, 0.3) is 0 Å². The lowest BCUT2D eigenvalue weighted by Gasteiger charge is -2.30. The summed E-state index contributed by atoms with van der Waals surface area (Å²) in [5.74, 6) is 0.372. The van der Waals surface area contributed by atoms with Gasteiger partial charge in [0.05, 0.1) is 15.8 Å². The molecule has 9 heteroatoms. The predicted molar refractivity (Wildman–Crippen MR) is 142 cm³/mol. The van der Waals surface area contributed by atoms with E-state index in [1.165, 1.54) is 11.8 Å². The maximum atomic E-state index is 13.3. The molecule has 0 aliphatic rings. The zero-order chi connectivity index (χ0) is 24.4. The van der Waals surface area contributed by atoms with Gasteiger partial charge in [-0.1, -0.05) is 78.8 Å². The van der Waals surface area contributed by atoms with Crippen LogP contribution in [0.3, 0.4) is 0 Å². The van der Waals surface area contributed by atoms with E-state index < -0.39 is 6.04 Å². The number of rotatable bonds is 12. The number of unbranched alkanes of at least 4 members (excludes halogenated alkanes) is 1. The van der Waals surface area contributed by atoms with Gasteiger partial charge in [-0.3, -0.25) is 9.59 Å². The second-order valence-corrected chi connectivity index (χ2v) is 10.1. The number of thioether (sulfide) groups is 1. The third-order valence-corrected chi connectivity index (χ3v) is 7.48. The van der Waals surface area contributed by atoms with Crippen LogP contribution < -0.4 is 5.32 Å². The highest BCUT2D eigenvalue weighted by Crippen LogP contribution is 2.29. The van der Waals surface area contributed by atoms with Crippen LogP contribution in [-0.2, 0) is 21.9 Å². The van der Waals surface area contributed by atoms with Crippen LogP contribution in [0.15, 0.2) is 36.4 Å². The molecule has 0 radical (unpaired) electrons. The van der Waals surface area contributed by atoms with Gasteiger partial charge in [0.15, 0.2) is 0 Å². The minimum atomic E-state index is -0.590. The number of carbonyl (C=O) groups excluding carboxylic acids is 2. The molecule has 0 aromatic heterocycles. The number of halogens is 4. The molecule has 1 atom stereocenters. The van der Waals surface area contributed by atoms with Gasteiger partial charge in [0.1, 0.15) is 6.04 Å². The summed E-state index contributed by atoms with van der Waals surface area (Å²) in [4.78, 5) is 27.8. The predicted octanol–water partition coefficient (Wildman–Crippen LogP) is 7.26. The van der Waals surface area contributed by atoms with Gasteiger partial charge in [-0.2, -0.15) is 0 Å². The number of hydrogen-bond acceptors (Lipinski definition) is 3. The van der Waals surface area contributed by atoms with Crippen LogP contribution >= 0.6 is 58.2 Å². The molecule has 0 saturated carbocycles. The van der Waals surface area contributed by atoms with Gasteiger partial charge in [0, 0.05) is 28.9 Å². The molecule has 2 rings (SSSR count). The maximum absolute atomic E-state index is 13.3. The smallest absolute Gasteiger partial charge is 0.242 e. The molecule has 180 valence electrons. The van der Waals surface area contributed by atoms with Crippen molar-refractivity contribution in [2.45, 2.75) is 51.4 Å². The van der Waals surface area contributed by atoms with Crippen molar-refractivity contribution in [3.63, 3.8) is 0 Å². The van der Waals surface area contributed by atoms with Crippen molar-refractivity contribution in [2.75, 3.05) is 12.3 Å². The van der Waals surface area contributed by atoms with Crippen LogP contribution in [0.2, 0.25) is 20.1 Å². The van der Waals surface area contributed by atoms with Crippen molar-refractivity contribution in [1.29, 1.82) is 0 Å². The van der Waals surface area contributed by atoms with Crippen LogP contribution in [0.5, 0.6) is 0 Å². The number of nitrogens with zero attached hydrogens (tertiary/aromatic N) is 1. The lowest BCUT2D eigenvalue weighted by atomic mass is 10.1. The third-order valence-electron chi connectivity index (χ3n) is 5.09. The number of carbonyl (C=O) groups is 2. The molecule has 0 heterocycles. The van der Waals surface area contributed by atoms with Crippen molar-refractivity contribution < 1.29 is 9.59 Å². The van der Waals surface area contributed by atoms with Gasteiger partial charge < -0.3 is 10.2 Å². The van der Waals surface area contributed by atoms with Gasteiger partial charge in [-0.05, 0) is 48.2 Å². The Kier molecular flexibility index (Phi) is 12.2. The first kappa shape index (κ1) is 28.1. The van der Waals surface area contributed by atoms with Crippen molar-refractivity contribution in [3.8, 4) is 0 Å². The molecule has 0 fully saturated rings. The average molecular weight is 550 g/mol. The van der Waals surface area contributed by atoms with Crippen LogP contribution in [-0.4, -0.2) is 35.1 Å². The zero-order valence-corrected chi connectivity index (χ0v) is 22.5. The Morgan fingerprint density at radius 2 is 1.70 bits per heavy atom. The molecule has 2 aromatic carbocycles. The first-order chi connectivity index (χ1) is 15.8. The minimum absolute atomic E-state index is 0.147. The Morgan fingerprint density at radius 3 is 2.30 bits per heavy atom. The van der Waals surface area contributed by atoms with E-state index in [0.29, 0.717) is 38.8 Å². The molecule has 0 aliphatic carbocycles. The van der Waals surface area contributed by atoms with E-state index in [4.69, 9.17) is 46.4 Å². The Morgan fingerprint density at radius 1 is 1.00 bits per heavy atom. The normalized spacial score (nSPS) is 11.8. The Balaban J connectivity index is 2.17. The largest absolute Gasteiger partial charge is 0.354 e. The van der Waals surface area contributed by atoms with Gasteiger partial charge in [0.2, 0.25) is 11.8 Å². The fourth-order valence-electron chi connectivity index (χ4n) is 3.25. The van der Waals surface area contributed by atoms with Crippen molar-refractivity contribution in [3.05, 3.63) is 67.6 Å². The number of nitrogens with one attached hydrogen (secondary N) is 1. The van der Waals surface area contributed by atoms with Gasteiger partial charge in [-0.25, -0.2) is 0 Å². The van der Waals surface area contributed by atoms with E-state index in [1.54, 1.807) is 35.2 Å². The molecule has 1 N–H and O–H groups in total. The molecule has 33 heavy (non-hydrogen) atoms. The molecule has 1 unspecified atom stereocenters. The Hall–Kier alpha value is -1.11. The Bertz CT molecular complexity index is 938. The summed E-state index contributed by atoms with van der Waals surface area (Å²) in [6.07, 6.45) is 2.35. The van der Waals surface area contributed by atoms with Crippen LogP contribution in [0, 0.1) is 0 Å². The molecule has 0 saturated heterocycles. The highest BCUT2D eigenvalue weighted by Gasteiger charge is 2.28. The topological polar surface area (TPSA) is 49.4 Å². The first-order valence-electron chi connectivity index (χ1n) is 10.8. The highest BCUT2D eigenvalue weighted by molar-refractivity contribution is 7.99. The highest BCUT2D eigenvalue weighted by atomic mass is 35.5. The Labute approximate surface area is 220 Å². The second-order valence-electron chi connectivity index (χ2n) is 7.53. The average Bonchev–Trinajstić information content (AvgIpc) is 2.78. The second kappa shape index (κ2) is 14.3. The maximum Gasteiger partial charge on any atom is 0.242 e. The SMILES string of the molecule is CCCCNC(=O)C(CC)N(Cc1ccc(Cl)c(Cl)c1)C(=O)CSCc1c(Cl)cccc1Cl. The molecule has 0 bridgehead atoms. The summed E-state index contributed by atoms with van der Waals surface area (Å²) < 4.78 is 0. The van der Waals surface area contributed by atoms with Crippen molar-refractivity contribution >= 4 is 70.0 Å². The third kappa shape index (κ3) is 8.56. The fourth-order valence-corrected chi connectivity index (χ4v) is 5.22. The molecule has 2 aromatic rings. The summed E-state index contributed by atoms with van der Waals surface area (Å²) in [6, 6.07) is 9.97. The fraction of sp³-hybridized carbons (Fsp3) is 0.417. The summed E-state index contributed by atoms with van der Waals surface area (Å²) in [6.45, 7) is 4.80. The lowest BCUT2D eigenvalue weighted by molar-refractivity contribution is -0.139. The molecule has 2 amide bonds. The van der Waals surface area contributed by atoms with E-state index in [1.807, 2.05) is 13.0 Å². The van der Waals surface area contributed by atoms with Crippen molar-refractivity contribution in [1.82, 2.24) is 10.2 Å². The molecule has 4 nitrogen and oxygen atoms in total. The monoisotopic (exact) mass is 548 g/mol. The van der Waals surface area contributed by atoms with Crippen LogP contribution in [0.25, 0.3) is 0 Å². The standard InChI is InChI=1S/C24H28Cl4N2O2S/c1-3-5-11-29-24(32)22(4-2)30(13-16-9-10-20(27)21(28)12-16)23(31)15-33-14-17-18(25)7-6-8-19(17)26/h6-10,12,22H,3-5,11,13-15H2,1-2H3,(H,29,32). The quantitative estimate of drug-likeness (QED) is 0.283. The first-order valence-corrected chi connectivity index (χ1v) is 13.5. The van der Waals surface area contributed by atoms with E-state index >= 15 is 0 Å². The molecule has 0 aliphatic heterocycles. The molecule has 0 spiro atoms. The van der Waals surface area contributed by atoms with Crippen LogP contribution in [0.1, 0.15) is 44.2 Å². The number of benzene rings is 2. The summed E-state index contributed by atoms with van der Waals surface area (Å²) in [5.41, 5.74) is 1.59. The number of amides is 2. The van der Waals surface area contributed by atoms with E-state index in [2.05, 4.69) is 12.2 Å². The molecular formula is C24H28Cl4N2O2S. The van der Waals surface area contributed by atoms with Gasteiger partial charge in [-0.15, -0.1) is 11.8 Å². The van der Waals surface area contributed by atoms with Crippen LogP contribution in [0.4, 0.5) is 0 Å². The lowest BCUT2D eigenvalue weighted by Crippen LogP contribution is -2.49. The summed E-state index contributed by atoms with van der Waals surface area (Å²) in [7, 11) is 0. The van der Waals surface area contributed by atoms with Crippen molar-refractivity contribution in [2.24, 2.45) is 0 Å². The summed E-state index contributed by atoms with van der Waals surface area (Å²) in [5, 5.41) is 4.93. The van der Waals surface area contributed by atoms with E-state index in [9.17, 15) is 9.59 Å². The van der Waals surface area contributed by atoms with E-state index in [-0.39, 0.29) is 24.1 Å².